The van der Waals surface area contributed by atoms with Gasteiger partial charge in [0.1, 0.15) is 5.82 Å². The minimum atomic E-state index is -0.331. The van der Waals surface area contributed by atoms with Crippen LogP contribution in [0.1, 0.15) is 30.0 Å². The fourth-order valence-corrected chi connectivity index (χ4v) is 2.96. The normalized spacial score (nSPS) is 15.1. The summed E-state index contributed by atoms with van der Waals surface area (Å²) in [6, 6.07) is 12.8. The van der Waals surface area contributed by atoms with E-state index in [0.29, 0.717) is 18.8 Å². The summed E-state index contributed by atoms with van der Waals surface area (Å²) in [5, 5.41) is 5.75. The third kappa shape index (κ3) is 4.35. The molecule has 1 atom stereocenters. The van der Waals surface area contributed by atoms with Gasteiger partial charge >= 0.3 is 6.03 Å². The molecule has 2 N–H and O–H groups in total. The number of aromatic nitrogens is 1. The van der Waals surface area contributed by atoms with Crippen LogP contribution in [-0.4, -0.2) is 34.9 Å². The van der Waals surface area contributed by atoms with Gasteiger partial charge < -0.3 is 10.2 Å². The van der Waals surface area contributed by atoms with Crippen LogP contribution in [0, 0.1) is 6.92 Å². The van der Waals surface area contributed by atoms with E-state index in [9.17, 15) is 9.59 Å². The standard InChI is InChI=1S/C19H22N4O2/c1-14-7-5-11-20-18(14)22-19(25)21-16(15-8-3-2-4-9-15)13-23-12-6-10-17(23)24/h2-5,7-9,11,16H,6,10,12-13H2,1H3,(H2,20,21,22,25). The zero-order chi connectivity index (χ0) is 17.6. The van der Waals surface area contributed by atoms with E-state index in [4.69, 9.17) is 0 Å². The van der Waals surface area contributed by atoms with E-state index >= 15 is 0 Å². The largest absolute Gasteiger partial charge is 0.340 e. The molecule has 2 heterocycles. The first-order valence-electron chi connectivity index (χ1n) is 8.45. The molecule has 0 radical (unpaired) electrons. The highest BCUT2D eigenvalue weighted by molar-refractivity contribution is 5.89. The number of anilines is 1. The molecule has 130 valence electrons. The molecule has 1 saturated heterocycles. The van der Waals surface area contributed by atoms with Crippen LogP contribution in [0.3, 0.4) is 0 Å². The van der Waals surface area contributed by atoms with E-state index in [1.165, 1.54) is 0 Å². The molecule has 1 aromatic heterocycles. The second-order valence-corrected chi connectivity index (χ2v) is 6.17. The van der Waals surface area contributed by atoms with Crippen molar-refractivity contribution in [2.24, 2.45) is 0 Å². The average Bonchev–Trinajstić information content (AvgIpc) is 3.02. The Kier molecular flexibility index (Phi) is 5.28. The van der Waals surface area contributed by atoms with Gasteiger partial charge in [-0.1, -0.05) is 36.4 Å². The number of likely N-dealkylation sites (tertiary alicyclic amines) is 1. The summed E-state index contributed by atoms with van der Waals surface area (Å²) < 4.78 is 0. The van der Waals surface area contributed by atoms with Crippen molar-refractivity contribution in [1.29, 1.82) is 0 Å². The maximum atomic E-state index is 12.4. The first-order chi connectivity index (χ1) is 12.1. The van der Waals surface area contributed by atoms with E-state index in [0.717, 1.165) is 24.1 Å². The number of amides is 3. The molecule has 6 nitrogen and oxygen atoms in total. The third-order valence-electron chi connectivity index (χ3n) is 4.32. The van der Waals surface area contributed by atoms with Crippen LogP contribution < -0.4 is 10.6 Å². The van der Waals surface area contributed by atoms with Gasteiger partial charge in [-0.3, -0.25) is 10.1 Å². The van der Waals surface area contributed by atoms with Crippen molar-refractivity contribution in [3.63, 3.8) is 0 Å². The summed E-state index contributed by atoms with van der Waals surface area (Å²) in [6.07, 6.45) is 3.10. The second-order valence-electron chi connectivity index (χ2n) is 6.17. The molecule has 1 fully saturated rings. The topological polar surface area (TPSA) is 74.3 Å². The fraction of sp³-hybridized carbons (Fsp3) is 0.316. The lowest BCUT2D eigenvalue weighted by Gasteiger charge is -2.25. The van der Waals surface area contributed by atoms with Crippen molar-refractivity contribution in [2.75, 3.05) is 18.4 Å². The molecule has 0 bridgehead atoms. The quantitative estimate of drug-likeness (QED) is 0.880. The van der Waals surface area contributed by atoms with E-state index in [2.05, 4.69) is 15.6 Å². The van der Waals surface area contributed by atoms with E-state index < -0.39 is 0 Å². The fourth-order valence-electron chi connectivity index (χ4n) is 2.96. The van der Waals surface area contributed by atoms with Crippen molar-refractivity contribution < 1.29 is 9.59 Å². The molecule has 1 aromatic carbocycles. The minimum Gasteiger partial charge on any atom is -0.340 e. The van der Waals surface area contributed by atoms with Gasteiger partial charge in [0.2, 0.25) is 5.91 Å². The Labute approximate surface area is 147 Å². The van der Waals surface area contributed by atoms with Crippen LogP contribution in [0.2, 0.25) is 0 Å². The van der Waals surface area contributed by atoms with Crippen molar-refractivity contribution in [3.05, 3.63) is 59.8 Å². The molecule has 3 rings (SSSR count). The molecule has 6 heteroatoms. The summed E-state index contributed by atoms with van der Waals surface area (Å²) in [7, 11) is 0. The number of hydrogen-bond acceptors (Lipinski definition) is 3. The number of rotatable bonds is 5. The Bertz CT molecular complexity index is 748. The van der Waals surface area contributed by atoms with Crippen LogP contribution in [-0.2, 0) is 4.79 Å². The number of benzene rings is 1. The summed E-state index contributed by atoms with van der Waals surface area (Å²) >= 11 is 0. The first kappa shape index (κ1) is 17.0. The monoisotopic (exact) mass is 338 g/mol. The Balaban J connectivity index is 1.72. The number of hydrogen-bond donors (Lipinski definition) is 2. The first-order valence-corrected chi connectivity index (χ1v) is 8.45. The summed E-state index contributed by atoms with van der Waals surface area (Å²) in [5.74, 6) is 0.674. The highest BCUT2D eigenvalue weighted by Crippen LogP contribution is 2.19. The van der Waals surface area contributed by atoms with Gasteiger partial charge in [0, 0.05) is 25.7 Å². The Morgan fingerprint density at radius 3 is 2.72 bits per heavy atom. The molecule has 1 unspecified atom stereocenters. The van der Waals surface area contributed by atoms with Crippen molar-refractivity contribution >= 4 is 17.8 Å². The van der Waals surface area contributed by atoms with Crippen molar-refractivity contribution in [2.45, 2.75) is 25.8 Å². The van der Waals surface area contributed by atoms with Crippen LogP contribution >= 0.6 is 0 Å². The third-order valence-corrected chi connectivity index (χ3v) is 4.32. The maximum absolute atomic E-state index is 12.4. The van der Waals surface area contributed by atoms with Crippen LogP contribution in [0.5, 0.6) is 0 Å². The zero-order valence-electron chi connectivity index (χ0n) is 14.2. The van der Waals surface area contributed by atoms with Crippen LogP contribution in [0.15, 0.2) is 48.7 Å². The van der Waals surface area contributed by atoms with Gasteiger partial charge in [0.05, 0.1) is 6.04 Å². The Morgan fingerprint density at radius 2 is 2.04 bits per heavy atom. The number of nitrogens with zero attached hydrogens (tertiary/aromatic N) is 2. The number of carbonyl (C=O) groups excluding carboxylic acids is 2. The molecule has 2 aromatic rings. The molecule has 0 aliphatic carbocycles. The van der Waals surface area contributed by atoms with Gasteiger partial charge in [0.25, 0.3) is 0 Å². The molecule has 1 aliphatic heterocycles. The Morgan fingerprint density at radius 1 is 1.24 bits per heavy atom. The molecular formula is C19H22N4O2. The van der Waals surface area contributed by atoms with Gasteiger partial charge in [-0.25, -0.2) is 9.78 Å². The molecule has 0 saturated carbocycles. The van der Waals surface area contributed by atoms with Crippen molar-refractivity contribution in [1.82, 2.24) is 15.2 Å². The smallest absolute Gasteiger partial charge is 0.320 e. The highest BCUT2D eigenvalue weighted by atomic mass is 16.2. The zero-order valence-corrected chi connectivity index (χ0v) is 14.2. The van der Waals surface area contributed by atoms with E-state index in [1.807, 2.05) is 54.3 Å². The van der Waals surface area contributed by atoms with Crippen molar-refractivity contribution in [3.8, 4) is 0 Å². The number of nitrogens with one attached hydrogen (secondary N) is 2. The van der Waals surface area contributed by atoms with Gasteiger partial charge in [-0.2, -0.15) is 0 Å². The predicted octanol–water partition coefficient (Wildman–Crippen LogP) is 2.88. The highest BCUT2D eigenvalue weighted by Gasteiger charge is 2.25. The van der Waals surface area contributed by atoms with Crippen LogP contribution in [0.25, 0.3) is 0 Å². The summed E-state index contributed by atoms with van der Waals surface area (Å²) in [5.41, 5.74) is 1.86. The number of urea groups is 1. The molecule has 3 amide bonds. The minimum absolute atomic E-state index is 0.142. The molecule has 25 heavy (non-hydrogen) atoms. The number of carbonyl (C=O) groups is 2. The lowest BCUT2D eigenvalue weighted by atomic mass is 10.1. The average molecular weight is 338 g/mol. The number of aryl methyl sites for hydroxylation is 1. The molecule has 0 spiro atoms. The number of pyridine rings is 1. The SMILES string of the molecule is Cc1cccnc1NC(=O)NC(CN1CCCC1=O)c1ccccc1. The molecular weight excluding hydrogens is 316 g/mol. The lowest BCUT2D eigenvalue weighted by Crippen LogP contribution is -2.40. The van der Waals surface area contributed by atoms with Gasteiger partial charge in [-0.05, 0) is 30.5 Å². The Hall–Kier alpha value is -2.89. The van der Waals surface area contributed by atoms with Gasteiger partial charge in [0.15, 0.2) is 0 Å². The second kappa shape index (κ2) is 7.79. The summed E-state index contributed by atoms with van der Waals surface area (Å²) in [6.45, 7) is 3.10. The maximum Gasteiger partial charge on any atom is 0.320 e. The van der Waals surface area contributed by atoms with Crippen LogP contribution in [0.4, 0.5) is 10.6 Å². The predicted molar refractivity (Wildman–Crippen MR) is 96.1 cm³/mol. The lowest BCUT2D eigenvalue weighted by molar-refractivity contribution is -0.128. The van der Waals surface area contributed by atoms with E-state index in [-0.39, 0.29) is 18.0 Å². The summed E-state index contributed by atoms with van der Waals surface area (Å²) in [4.78, 5) is 30.4. The molecule has 1 aliphatic rings. The van der Waals surface area contributed by atoms with Gasteiger partial charge in [-0.15, -0.1) is 0 Å². The van der Waals surface area contributed by atoms with E-state index in [1.54, 1.807) is 6.20 Å².